The minimum atomic E-state index is -1.55. The molecule has 3 aromatic heterocycles. The zero-order valence-corrected chi connectivity index (χ0v) is 25.3. The SMILES string of the molecule is FC1(c2ccccn2)CC2CC(c3ccc(C4(F)CC5CC(c6ccc(C7(F)CC8CCC(C7)N8)nn6)C(C4)N5)nc3)C(C1)N2. The molecule has 6 bridgehead atoms. The molecule has 10 heteroatoms. The summed E-state index contributed by atoms with van der Waals surface area (Å²) in [5.41, 5.74) is -1.18. The van der Waals surface area contributed by atoms with E-state index >= 15 is 13.2 Å². The Hall–Kier alpha value is -2.95. The van der Waals surface area contributed by atoms with Crippen LogP contribution in [0.4, 0.5) is 13.2 Å². The Bertz CT molecular complexity index is 1550. The Kier molecular flexibility index (Phi) is 6.46. The first-order valence-corrected chi connectivity index (χ1v) is 16.8. The van der Waals surface area contributed by atoms with Crippen molar-refractivity contribution in [3.05, 3.63) is 83.2 Å². The number of halogens is 3. The van der Waals surface area contributed by atoms with Gasteiger partial charge in [0.2, 0.25) is 0 Å². The summed E-state index contributed by atoms with van der Waals surface area (Å²) in [6.07, 6.45) is 9.45. The maximum Gasteiger partial charge on any atom is 0.157 e. The highest BCUT2D eigenvalue weighted by molar-refractivity contribution is 5.30. The minimum absolute atomic E-state index is 0.0109. The third-order valence-corrected chi connectivity index (χ3v) is 12.0. The molecular weight excluding hydrogens is 575 g/mol. The maximum atomic E-state index is 16.7. The molecule has 45 heavy (non-hydrogen) atoms. The van der Waals surface area contributed by atoms with E-state index in [0.717, 1.165) is 36.9 Å². The van der Waals surface area contributed by atoms with E-state index < -0.39 is 17.0 Å². The van der Waals surface area contributed by atoms with Gasteiger partial charge in [0.05, 0.1) is 17.1 Å². The van der Waals surface area contributed by atoms with Crippen LogP contribution in [0.2, 0.25) is 0 Å². The highest BCUT2D eigenvalue weighted by Crippen LogP contribution is 2.50. The highest BCUT2D eigenvalue weighted by Gasteiger charge is 2.53. The monoisotopic (exact) mass is 615 g/mol. The van der Waals surface area contributed by atoms with Gasteiger partial charge in [0, 0.05) is 99.0 Å². The Morgan fingerprint density at radius 3 is 1.82 bits per heavy atom. The van der Waals surface area contributed by atoms with Crippen LogP contribution in [0.3, 0.4) is 0 Å². The van der Waals surface area contributed by atoms with Crippen molar-refractivity contribution < 1.29 is 13.2 Å². The first-order valence-electron chi connectivity index (χ1n) is 16.8. The van der Waals surface area contributed by atoms with Crippen LogP contribution >= 0.6 is 0 Å². The highest BCUT2D eigenvalue weighted by atomic mass is 19.2. The van der Waals surface area contributed by atoms with Crippen LogP contribution in [-0.4, -0.2) is 56.4 Å². The molecule has 0 spiro atoms. The molecule has 0 aromatic carbocycles. The molecule has 7 nitrogen and oxygen atoms in total. The Labute approximate surface area is 261 Å². The second kappa shape index (κ2) is 10.3. The van der Waals surface area contributed by atoms with Gasteiger partial charge in [-0.1, -0.05) is 12.1 Å². The van der Waals surface area contributed by atoms with Crippen LogP contribution in [0.5, 0.6) is 0 Å². The third-order valence-electron chi connectivity index (χ3n) is 12.0. The maximum absolute atomic E-state index is 16.7. The lowest BCUT2D eigenvalue weighted by molar-refractivity contribution is 0.0805. The predicted octanol–water partition coefficient (Wildman–Crippen LogP) is 5.29. The smallest absolute Gasteiger partial charge is 0.157 e. The third kappa shape index (κ3) is 4.81. The van der Waals surface area contributed by atoms with Crippen molar-refractivity contribution in [2.45, 2.75) is 129 Å². The van der Waals surface area contributed by atoms with Crippen LogP contribution in [0.1, 0.15) is 104 Å². The number of hydrogen-bond acceptors (Lipinski definition) is 7. The molecule has 9 heterocycles. The molecule has 9 rings (SSSR count). The van der Waals surface area contributed by atoms with Crippen molar-refractivity contribution in [3.63, 3.8) is 0 Å². The van der Waals surface area contributed by atoms with Crippen molar-refractivity contribution >= 4 is 0 Å². The van der Waals surface area contributed by atoms with E-state index in [1.807, 2.05) is 42.6 Å². The van der Waals surface area contributed by atoms with Gasteiger partial charge in [-0.3, -0.25) is 9.97 Å². The number of nitrogens with one attached hydrogen (secondary N) is 3. The van der Waals surface area contributed by atoms with E-state index in [2.05, 4.69) is 31.1 Å². The first-order chi connectivity index (χ1) is 21.8. The molecule has 236 valence electrons. The number of hydrogen-bond donors (Lipinski definition) is 3. The van der Waals surface area contributed by atoms with Gasteiger partial charge in [0.25, 0.3) is 0 Å². The molecule has 0 radical (unpaired) electrons. The van der Waals surface area contributed by atoms with E-state index in [-0.39, 0.29) is 48.1 Å². The molecule has 10 unspecified atom stereocenters. The van der Waals surface area contributed by atoms with Crippen molar-refractivity contribution in [1.29, 1.82) is 0 Å². The summed E-state index contributed by atoms with van der Waals surface area (Å²) >= 11 is 0. The second-order valence-corrected chi connectivity index (χ2v) is 14.9. The molecule has 6 aliphatic rings. The van der Waals surface area contributed by atoms with E-state index in [4.69, 9.17) is 4.98 Å². The Morgan fingerprint density at radius 2 is 1.20 bits per heavy atom. The quantitative estimate of drug-likeness (QED) is 0.360. The number of aromatic nitrogens is 4. The summed E-state index contributed by atoms with van der Waals surface area (Å²) in [4.78, 5) is 9.03. The van der Waals surface area contributed by atoms with Crippen LogP contribution < -0.4 is 16.0 Å². The van der Waals surface area contributed by atoms with Crippen LogP contribution in [0.15, 0.2) is 54.9 Å². The van der Waals surface area contributed by atoms with Crippen molar-refractivity contribution in [2.24, 2.45) is 0 Å². The van der Waals surface area contributed by atoms with Crippen LogP contribution in [0.25, 0.3) is 0 Å². The molecule has 0 aliphatic carbocycles. The topological polar surface area (TPSA) is 87.7 Å². The first kappa shape index (κ1) is 28.3. The lowest BCUT2D eigenvalue weighted by Gasteiger charge is -2.36. The lowest BCUT2D eigenvalue weighted by Crippen LogP contribution is -2.46. The average molecular weight is 616 g/mol. The molecular formula is C35H40F3N7. The van der Waals surface area contributed by atoms with Crippen molar-refractivity contribution in [3.8, 4) is 0 Å². The zero-order valence-electron chi connectivity index (χ0n) is 25.3. The predicted molar refractivity (Wildman–Crippen MR) is 163 cm³/mol. The second-order valence-electron chi connectivity index (χ2n) is 14.9. The number of alkyl halides is 3. The summed E-state index contributed by atoms with van der Waals surface area (Å²) < 4.78 is 48.7. The van der Waals surface area contributed by atoms with Gasteiger partial charge in [0.15, 0.2) is 17.0 Å². The normalized spacial score (nSPS) is 43.4. The molecule has 10 atom stereocenters. The molecule has 6 saturated heterocycles. The van der Waals surface area contributed by atoms with E-state index in [0.29, 0.717) is 55.6 Å². The van der Waals surface area contributed by atoms with Gasteiger partial charge in [-0.2, -0.15) is 10.2 Å². The van der Waals surface area contributed by atoms with Gasteiger partial charge in [-0.15, -0.1) is 0 Å². The lowest BCUT2D eigenvalue weighted by atomic mass is 9.83. The van der Waals surface area contributed by atoms with Gasteiger partial charge < -0.3 is 16.0 Å². The van der Waals surface area contributed by atoms with Crippen LogP contribution in [0, 0.1) is 0 Å². The number of piperidine rings is 3. The number of pyridine rings is 2. The fourth-order valence-corrected chi connectivity index (χ4v) is 9.96. The molecule has 0 amide bonds. The molecule has 6 aliphatic heterocycles. The summed E-state index contributed by atoms with van der Waals surface area (Å²) in [6, 6.07) is 13.4. The summed E-state index contributed by atoms with van der Waals surface area (Å²) in [6.45, 7) is 0. The van der Waals surface area contributed by atoms with Crippen LogP contribution in [-0.2, 0) is 17.0 Å². The van der Waals surface area contributed by atoms with Gasteiger partial charge in [0.1, 0.15) is 5.69 Å². The number of rotatable bonds is 5. The fraction of sp³-hybridized carbons (Fsp3) is 0.600. The van der Waals surface area contributed by atoms with E-state index in [9.17, 15) is 0 Å². The summed E-state index contributed by atoms with van der Waals surface area (Å²) in [5, 5.41) is 19.6. The molecule has 3 aromatic rings. The van der Waals surface area contributed by atoms with E-state index in [1.54, 1.807) is 12.3 Å². The largest absolute Gasteiger partial charge is 0.311 e. The van der Waals surface area contributed by atoms with E-state index in [1.165, 1.54) is 0 Å². The standard InChI is InChI=1S/C35H40F3N7/c36-33(13-21-5-6-22(14-33)41-21)32-9-7-27(44-45-32)26-12-24-16-35(38,18-29(26)43-24)31-8-4-20(19-40-31)25-11-23-15-34(37,17-28(25)42-23)30-3-1-2-10-39-30/h1-4,7-10,19,21-26,28-29,41-43H,5-6,11-18H2. The molecule has 6 fully saturated rings. The van der Waals surface area contributed by atoms with Gasteiger partial charge in [-0.25, -0.2) is 13.2 Å². The van der Waals surface area contributed by atoms with Crippen molar-refractivity contribution in [2.75, 3.05) is 0 Å². The van der Waals surface area contributed by atoms with Crippen molar-refractivity contribution in [1.82, 2.24) is 36.1 Å². The minimum Gasteiger partial charge on any atom is -0.311 e. The summed E-state index contributed by atoms with van der Waals surface area (Å²) in [5.74, 6) is 0.157. The zero-order chi connectivity index (χ0) is 30.4. The molecule has 0 saturated carbocycles. The van der Waals surface area contributed by atoms with Gasteiger partial charge in [-0.05, 0) is 61.6 Å². The molecule has 3 N–H and O–H groups in total. The Balaban J connectivity index is 0.887. The fourth-order valence-electron chi connectivity index (χ4n) is 9.96. The number of fused-ring (bicyclic) bond motifs is 6. The number of nitrogens with zero attached hydrogens (tertiary/aromatic N) is 4. The average Bonchev–Trinajstić information content (AvgIpc) is 3.67. The van der Waals surface area contributed by atoms with Gasteiger partial charge >= 0.3 is 0 Å². The summed E-state index contributed by atoms with van der Waals surface area (Å²) in [7, 11) is 0. The Morgan fingerprint density at radius 1 is 0.578 bits per heavy atom.